The van der Waals surface area contributed by atoms with Gasteiger partial charge in [0.25, 0.3) is 0 Å². The van der Waals surface area contributed by atoms with E-state index in [4.69, 9.17) is 34.8 Å². The minimum absolute atomic E-state index is 0.287. The van der Waals surface area contributed by atoms with Crippen molar-refractivity contribution in [3.05, 3.63) is 0 Å². The van der Waals surface area contributed by atoms with Crippen LogP contribution in [0.3, 0.4) is 0 Å². The molecule has 0 aliphatic rings. The molecule has 0 saturated heterocycles. The van der Waals surface area contributed by atoms with E-state index < -0.39 is 0 Å². The molecular formula is C5H10Cl3N. The van der Waals surface area contributed by atoms with Crippen molar-refractivity contribution in [1.82, 2.24) is 5.32 Å². The lowest BCUT2D eigenvalue weighted by atomic mass is 10.1. The molecule has 0 radical (unpaired) electrons. The Kier molecular flexibility index (Phi) is 5.04. The molecule has 0 unspecified atom stereocenters. The van der Waals surface area contributed by atoms with Gasteiger partial charge in [0.15, 0.2) is 0 Å². The van der Waals surface area contributed by atoms with E-state index in [9.17, 15) is 0 Å². The summed E-state index contributed by atoms with van der Waals surface area (Å²) in [5, 5.41) is 2.97. The zero-order valence-corrected chi connectivity index (χ0v) is 7.52. The minimum Gasteiger partial charge on any atom is -0.311 e. The highest BCUT2D eigenvalue weighted by atomic mass is 35.5. The van der Waals surface area contributed by atoms with E-state index in [0.717, 1.165) is 0 Å². The van der Waals surface area contributed by atoms with Gasteiger partial charge in [-0.25, -0.2) is 0 Å². The van der Waals surface area contributed by atoms with Crippen molar-refractivity contribution in [2.24, 2.45) is 0 Å². The van der Waals surface area contributed by atoms with E-state index >= 15 is 0 Å². The Morgan fingerprint density at radius 2 is 1.44 bits per heavy atom. The van der Waals surface area contributed by atoms with Crippen LogP contribution in [0.4, 0.5) is 0 Å². The van der Waals surface area contributed by atoms with Crippen molar-refractivity contribution < 1.29 is 0 Å². The van der Waals surface area contributed by atoms with Crippen LogP contribution in [-0.2, 0) is 0 Å². The molecule has 0 fully saturated rings. The first-order valence-corrected chi connectivity index (χ1v) is 4.22. The van der Waals surface area contributed by atoms with E-state index in [0.29, 0.717) is 17.6 Å². The van der Waals surface area contributed by atoms with E-state index in [1.54, 1.807) is 7.05 Å². The quantitative estimate of drug-likeness (QED) is 0.665. The van der Waals surface area contributed by atoms with Crippen LogP contribution in [0.5, 0.6) is 0 Å². The summed E-state index contributed by atoms with van der Waals surface area (Å²) in [7, 11) is 1.80. The monoisotopic (exact) mass is 189 g/mol. The van der Waals surface area contributed by atoms with Crippen molar-refractivity contribution in [1.29, 1.82) is 0 Å². The fourth-order valence-corrected chi connectivity index (χ4v) is 1.57. The maximum absolute atomic E-state index is 5.59. The number of hydrogen-bond donors (Lipinski definition) is 1. The standard InChI is InChI=1S/C5H10Cl3N/c1-9-5(2-6,3-7)4-8/h9H,2-4H2,1H3. The molecule has 1 nitrogen and oxygen atoms in total. The summed E-state index contributed by atoms with van der Waals surface area (Å²) in [6.07, 6.45) is 0. The number of alkyl halides is 3. The molecular weight excluding hydrogens is 180 g/mol. The molecule has 9 heavy (non-hydrogen) atoms. The van der Waals surface area contributed by atoms with Crippen LogP contribution in [0.15, 0.2) is 0 Å². The van der Waals surface area contributed by atoms with Gasteiger partial charge in [-0.2, -0.15) is 0 Å². The number of rotatable bonds is 4. The van der Waals surface area contributed by atoms with Gasteiger partial charge in [0.05, 0.1) is 5.54 Å². The molecule has 0 aliphatic heterocycles. The van der Waals surface area contributed by atoms with Gasteiger partial charge in [0.1, 0.15) is 0 Å². The molecule has 1 N–H and O–H groups in total. The predicted molar refractivity (Wildman–Crippen MR) is 44.0 cm³/mol. The van der Waals surface area contributed by atoms with E-state index in [-0.39, 0.29) is 5.54 Å². The average Bonchev–Trinajstić information content (AvgIpc) is 1.95. The van der Waals surface area contributed by atoms with Gasteiger partial charge in [0.2, 0.25) is 0 Å². The lowest BCUT2D eigenvalue weighted by molar-refractivity contribution is 0.488. The largest absolute Gasteiger partial charge is 0.311 e. The van der Waals surface area contributed by atoms with Crippen molar-refractivity contribution in [2.75, 3.05) is 24.7 Å². The van der Waals surface area contributed by atoms with Gasteiger partial charge in [-0.05, 0) is 7.05 Å². The van der Waals surface area contributed by atoms with Crippen LogP contribution in [0.25, 0.3) is 0 Å². The van der Waals surface area contributed by atoms with Crippen molar-refractivity contribution in [2.45, 2.75) is 5.54 Å². The Hall–Kier alpha value is 0.830. The first kappa shape index (κ1) is 9.83. The summed E-state index contributed by atoms with van der Waals surface area (Å²) < 4.78 is 0. The van der Waals surface area contributed by atoms with Crippen molar-refractivity contribution in [3.8, 4) is 0 Å². The fraction of sp³-hybridized carbons (Fsp3) is 1.00. The predicted octanol–water partition coefficient (Wildman–Crippen LogP) is 1.66. The Morgan fingerprint density at radius 1 is 1.11 bits per heavy atom. The average molecular weight is 191 g/mol. The molecule has 0 rings (SSSR count). The second kappa shape index (κ2) is 4.62. The minimum atomic E-state index is -0.287. The van der Waals surface area contributed by atoms with Crippen LogP contribution >= 0.6 is 34.8 Å². The van der Waals surface area contributed by atoms with E-state index in [1.807, 2.05) is 0 Å². The third-order valence-corrected chi connectivity index (χ3v) is 2.83. The van der Waals surface area contributed by atoms with Gasteiger partial charge >= 0.3 is 0 Å². The first-order chi connectivity index (χ1) is 4.24. The molecule has 0 atom stereocenters. The lowest BCUT2D eigenvalue weighted by Gasteiger charge is -2.25. The SMILES string of the molecule is CNC(CCl)(CCl)CCl. The Morgan fingerprint density at radius 3 is 1.44 bits per heavy atom. The summed E-state index contributed by atoms with van der Waals surface area (Å²) in [6, 6.07) is 0. The van der Waals surface area contributed by atoms with Gasteiger partial charge in [-0.1, -0.05) is 0 Å². The summed E-state index contributed by atoms with van der Waals surface area (Å²) in [5.41, 5.74) is -0.287. The normalized spacial score (nSPS) is 12.0. The Bertz CT molecular complexity index is 55.1. The molecule has 0 spiro atoms. The number of nitrogens with one attached hydrogen (secondary N) is 1. The summed E-state index contributed by atoms with van der Waals surface area (Å²) in [5.74, 6) is 1.32. The highest BCUT2D eigenvalue weighted by Gasteiger charge is 2.24. The molecule has 0 heterocycles. The molecule has 4 heteroatoms. The number of hydrogen-bond acceptors (Lipinski definition) is 1. The van der Waals surface area contributed by atoms with Crippen LogP contribution in [0.2, 0.25) is 0 Å². The van der Waals surface area contributed by atoms with Gasteiger partial charge in [0, 0.05) is 17.6 Å². The smallest absolute Gasteiger partial charge is 0.0588 e. The van der Waals surface area contributed by atoms with Crippen molar-refractivity contribution in [3.63, 3.8) is 0 Å². The van der Waals surface area contributed by atoms with Crippen LogP contribution in [0, 0.1) is 0 Å². The second-order valence-corrected chi connectivity index (χ2v) is 2.73. The maximum Gasteiger partial charge on any atom is 0.0588 e. The van der Waals surface area contributed by atoms with Crippen LogP contribution in [0.1, 0.15) is 0 Å². The highest BCUT2D eigenvalue weighted by molar-refractivity contribution is 6.25. The molecule has 0 amide bonds. The number of halogens is 3. The molecule has 0 bridgehead atoms. The van der Waals surface area contributed by atoms with Crippen LogP contribution < -0.4 is 5.32 Å². The third kappa shape index (κ3) is 2.50. The molecule has 0 aromatic heterocycles. The first-order valence-electron chi connectivity index (χ1n) is 2.61. The maximum atomic E-state index is 5.59. The van der Waals surface area contributed by atoms with Gasteiger partial charge in [-0.15, -0.1) is 34.8 Å². The second-order valence-electron chi connectivity index (χ2n) is 1.93. The highest BCUT2D eigenvalue weighted by Crippen LogP contribution is 2.10. The van der Waals surface area contributed by atoms with E-state index in [2.05, 4.69) is 5.32 Å². The lowest BCUT2D eigenvalue weighted by Crippen LogP contribution is -2.48. The molecule has 0 aromatic carbocycles. The van der Waals surface area contributed by atoms with Crippen molar-refractivity contribution >= 4 is 34.8 Å². The zero-order chi connectivity index (χ0) is 7.33. The molecule has 0 saturated carbocycles. The van der Waals surface area contributed by atoms with Gasteiger partial charge in [-0.3, -0.25) is 0 Å². The summed E-state index contributed by atoms with van der Waals surface area (Å²) in [6.45, 7) is 0. The molecule has 56 valence electrons. The Labute approximate surface area is 70.7 Å². The molecule has 0 aromatic rings. The third-order valence-electron chi connectivity index (χ3n) is 1.30. The van der Waals surface area contributed by atoms with Crippen LogP contribution in [-0.4, -0.2) is 30.2 Å². The zero-order valence-electron chi connectivity index (χ0n) is 5.26. The van der Waals surface area contributed by atoms with E-state index in [1.165, 1.54) is 0 Å². The fourth-order valence-electron chi connectivity index (χ4n) is 0.308. The summed E-state index contributed by atoms with van der Waals surface area (Å²) in [4.78, 5) is 0. The summed E-state index contributed by atoms with van der Waals surface area (Å²) >= 11 is 16.8. The topological polar surface area (TPSA) is 12.0 Å². The Balaban J connectivity index is 3.82. The molecule has 0 aliphatic carbocycles. The van der Waals surface area contributed by atoms with Gasteiger partial charge < -0.3 is 5.32 Å².